The summed E-state index contributed by atoms with van der Waals surface area (Å²) in [5.41, 5.74) is 0. The summed E-state index contributed by atoms with van der Waals surface area (Å²) in [6.45, 7) is 5.53. The molecule has 0 saturated heterocycles. The van der Waals surface area contributed by atoms with Gasteiger partial charge >= 0.3 is 0 Å². The topological polar surface area (TPSA) is 27.7 Å². The van der Waals surface area contributed by atoms with E-state index in [0.717, 1.165) is 12.8 Å². The summed E-state index contributed by atoms with van der Waals surface area (Å²) in [5, 5.41) is 4.56. The number of hydrogen-bond donors (Lipinski definition) is 0. The van der Waals surface area contributed by atoms with Crippen LogP contribution in [0.3, 0.4) is 0 Å². The Bertz CT molecular complexity index is 124. The van der Waals surface area contributed by atoms with Gasteiger partial charge in [-0.1, -0.05) is 76.7 Å². The average molecular weight is 260 g/mol. The second-order valence-corrected chi connectivity index (χ2v) is 4.89. The van der Waals surface area contributed by atoms with Gasteiger partial charge in [-0.25, -0.2) is 9.78 Å². The van der Waals surface area contributed by atoms with Crippen LogP contribution in [0.1, 0.15) is 84.5 Å². The van der Waals surface area contributed by atoms with Crippen LogP contribution in [0.2, 0.25) is 0 Å². The Morgan fingerprint density at radius 2 is 1.00 bits per heavy atom. The zero-order valence-electron chi connectivity index (χ0n) is 12.4. The van der Waals surface area contributed by atoms with E-state index in [0.29, 0.717) is 13.2 Å². The summed E-state index contributed by atoms with van der Waals surface area (Å²) >= 11 is 0. The molecule has 0 radical (unpaired) electrons. The van der Waals surface area contributed by atoms with Crippen molar-refractivity contribution < 1.29 is 14.8 Å². The third-order valence-electron chi connectivity index (χ3n) is 2.96. The molecule has 0 saturated carbocycles. The summed E-state index contributed by atoms with van der Waals surface area (Å²) in [5.74, 6) is 0. The van der Waals surface area contributed by atoms with Crippen LogP contribution in [0, 0.1) is 0 Å². The van der Waals surface area contributed by atoms with Gasteiger partial charge in [0.1, 0.15) is 0 Å². The van der Waals surface area contributed by atoms with Crippen molar-refractivity contribution in [1.82, 2.24) is 0 Å². The molecule has 18 heavy (non-hydrogen) atoms. The van der Waals surface area contributed by atoms with Crippen LogP contribution in [-0.2, 0) is 14.8 Å². The standard InChI is InChI=1S/C15H32O3/c1-3-5-6-7-8-9-10-11-12-13-15-17-18-16-14-4-2/h3-15H2,1-2H3. The third-order valence-corrected chi connectivity index (χ3v) is 2.96. The molecular weight excluding hydrogens is 228 g/mol. The van der Waals surface area contributed by atoms with Crippen molar-refractivity contribution in [2.75, 3.05) is 13.2 Å². The van der Waals surface area contributed by atoms with Crippen LogP contribution in [0.15, 0.2) is 0 Å². The van der Waals surface area contributed by atoms with Crippen molar-refractivity contribution in [2.24, 2.45) is 0 Å². The Morgan fingerprint density at radius 3 is 1.56 bits per heavy atom. The molecule has 0 aromatic heterocycles. The quantitative estimate of drug-likeness (QED) is 0.230. The van der Waals surface area contributed by atoms with Crippen molar-refractivity contribution in [1.29, 1.82) is 0 Å². The Kier molecular flexibility index (Phi) is 16.8. The molecule has 0 rings (SSSR count). The molecule has 0 aliphatic rings. The average Bonchev–Trinajstić information content (AvgIpc) is 2.39. The molecule has 110 valence electrons. The van der Waals surface area contributed by atoms with E-state index in [4.69, 9.17) is 9.78 Å². The fourth-order valence-electron chi connectivity index (χ4n) is 1.83. The summed E-state index contributed by atoms with van der Waals surface area (Å²) in [6, 6.07) is 0. The Balaban J connectivity index is 2.86. The van der Waals surface area contributed by atoms with Crippen molar-refractivity contribution in [3.63, 3.8) is 0 Å². The molecule has 0 bridgehead atoms. The van der Waals surface area contributed by atoms with Gasteiger partial charge in [-0.05, 0) is 12.8 Å². The van der Waals surface area contributed by atoms with Crippen LogP contribution >= 0.6 is 0 Å². The van der Waals surface area contributed by atoms with E-state index in [-0.39, 0.29) is 0 Å². The first-order valence-electron chi connectivity index (χ1n) is 7.82. The molecule has 0 N–H and O–H groups in total. The van der Waals surface area contributed by atoms with Gasteiger partial charge in [-0.15, -0.1) is 0 Å². The van der Waals surface area contributed by atoms with Crippen molar-refractivity contribution in [2.45, 2.75) is 84.5 Å². The zero-order chi connectivity index (χ0) is 13.3. The highest BCUT2D eigenvalue weighted by molar-refractivity contribution is 4.46. The Morgan fingerprint density at radius 1 is 0.500 bits per heavy atom. The highest BCUT2D eigenvalue weighted by atomic mass is 17.5. The van der Waals surface area contributed by atoms with Crippen LogP contribution in [-0.4, -0.2) is 13.2 Å². The summed E-state index contributed by atoms with van der Waals surface area (Å²) in [7, 11) is 0. The second kappa shape index (κ2) is 16.9. The van der Waals surface area contributed by atoms with Gasteiger partial charge in [-0.2, -0.15) is 0 Å². The monoisotopic (exact) mass is 260 g/mol. The van der Waals surface area contributed by atoms with E-state index in [1.807, 2.05) is 6.92 Å². The minimum atomic E-state index is 0.595. The third kappa shape index (κ3) is 15.9. The first-order valence-corrected chi connectivity index (χ1v) is 7.82. The van der Waals surface area contributed by atoms with Crippen molar-refractivity contribution in [3.05, 3.63) is 0 Å². The SMILES string of the molecule is CCCCCCCCCCCCOOOCCC. The molecule has 0 aliphatic carbocycles. The molecule has 0 spiro atoms. The fraction of sp³-hybridized carbons (Fsp3) is 1.00. The van der Waals surface area contributed by atoms with Crippen LogP contribution in [0.4, 0.5) is 0 Å². The van der Waals surface area contributed by atoms with Gasteiger partial charge in [0.15, 0.2) is 0 Å². The fourth-order valence-corrected chi connectivity index (χ4v) is 1.83. The highest BCUT2D eigenvalue weighted by Gasteiger charge is 1.94. The van der Waals surface area contributed by atoms with E-state index in [9.17, 15) is 0 Å². The predicted octanol–water partition coefficient (Wildman–Crippen LogP) is 5.20. The lowest BCUT2D eigenvalue weighted by Gasteiger charge is -2.03. The number of hydrogen-bond acceptors (Lipinski definition) is 3. The molecule has 0 amide bonds. The Hall–Kier alpha value is -0.120. The van der Waals surface area contributed by atoms with E-state index in [1.165, 1.54) is 57.8 Å². The van der Waals surface area contributed by atoms with E-state index < -0.39 is 0 Å². The molecule has 0 heterocycles. The van der Waals surface area contributed by atoms with E-state index in [1.54, 1.807) is 0 Å². The van der Waals surface area contributed by atoms with Gasteiger partial charge in [-0.3, -0.25) is 0 Å². The van der Waals surface area contributed by atoms with Crippen molar-refractivity contribution >= 4 is 0 Å². The normalized spacial score (nSPS) is 11.0. The molecule has 3 nitrogen and oxygen atoms in total. The molecule has 0 unspecified atom stereocenters. The minimum Gasteiger partial charge on any atom is -0.206 e. The maximum Gasteiger partial charge on any atom is 0.0853 e. The first kappa shape index (κ1) is 17.9. The van der Waals surface area contributed by atoms with E-state index >= 15 is 0 Å². The second-order valence-electron chi connectivity index (χ2n) is 4.89. The molecule has 3 heteroatoms. The molecule has 0 aliphatic heterocycles. The summed E-state index contributed by atoms with van der Waals surface area (Å²) in [4.78, 5) is 9.64. The molecular formula is C15H32O3. The first-order chi connectivity index (χ1) is 8.91. The van der Waals surface area contributed by atoms with E-state index in [2.05, 4.69) is 12.0 Å². The van der Waals surface area contributed by atoms with Crippen molar-refractivity contribution in [3.8, 4) is 0 Å². The maximum absolute atomic E-state index is 4.89. The smallest absolute Gasteiger partial charge is 0.0853 e. The predicted molar refractivity (Wildman–Crippen MR) is 75.1 cm³/mol. The van der Waals surface area contributed by atoms with Gasteiger partial charge < -0.3 is 0 Å². The summed E-state index contributed by atoms with van der Waals surface area (Å²) < 4.78 is 0. The number of rotatable bonds is 15. The largest absolute Gasteiger partial charge is 0.206 e. The lowest BCUT2D eigenvalue weighted by molar-refractivity contribution is -0.512. The minimum absolute atomic E-state index is 0.595. The Labute approximate surface area is 113 Å². The number of unbranched alkanes of at least 4 members (excludes halogenated alkanes) is 9. The van der Waals surface area contributed by atoms with Crippen LogP contribution in [0.5, 0.6) is 0 Å². The molecule has 0 atom stereocenters. The summed E-state index contributed by atoms with van der Waals surface area (Å²) in [6.07, 6.45) is 14.3. The van der Waals surface area contributed by atoms with Gasteiger partial charge in [0.2, 0.25) is 0 Å². The maximum atomic E-state index is 4.89. The lowest BCUT2D eigenvalue weighted by atomic mass is 10.1. The van der Waals surface area contributed by atoms with Crippen LogP contribution in [0.25, 0.3) is 0 Å². The zero-order valence-corrected chi connectivity index (χ0v) is 12.4. The highest BCUT2D eigenvalue weighted by Crippen LogP contribution is 2.10. The van der Waals surface area contributed by atoms with Gasteiger partial charge in [0.25, 0.3) is 0 Å². The van der Waals surface area contributed by atoms with Gasteiger partial charge in [0, 0.05) is 0 Å². The molecule has 0 aromatic rings. The van der Waals surface area contributed by atoms with Crippen LogP contribution < -0.4 is 0 Å². The molecule has 0 fully saturated rings. The van der Waals surface area contributed by atoms with Gasteiger partial charge in [0.05, 0.1) is 13.2 Å². The molecule has 0 aromatic carbocycles. The lowest BCUT2D eigenvalue weighted by Crippen LogP contribution is -1.99.